The van der Waals surface area contributed by atoms with Crippen molar-refractivity contribution in [2.45, 2.75) is 25.8 Å². The fourth-order valence-electron chi connectivity index (χ4n) is 4.32. The molecule has 3 aromatic heterocycles. The number of pyridine rings is 1. The van der Waals surface area contributed by atoms with Crippen LogP contribution >= 0.6 is 0 Å². The Morgan fingerprint density at radius 1 is 1.10 bits per heavy atom. The maximum atomic E-state index is 13.5. The molecular formula is C22H21N5O2. The second kappa shape index (κ2) is 6.55. The van der Waals surface area contributed by atoms with E-state index < -0.39 is 0 Å². The van der Waals surface area contributed by atoms with Crippen molar-refractivity contribution >= 4 is 22.5 Å². The third-order valence-corrected chi connectivity index (χ3v) is 5.74. The molecule has 1 fully saturated rings. The summed E-state index contributed by atoms with van der Waals surface area (Å²) >= 11 is 0. The van der Waals surface area contributed by atoms with Crippen molar-refractivity contribution in [2.75, 3.05) is 6.54 Å². The highest BCUT2D eigenvalue weighted by Gasteiger charge is 2.35. The molecule has 4 aromatic rings. The first kappa shape index (κ1) is 17.6. The Morgan fingerprint density at radius 3 is 2.76 bits per heavy atom. The lowest BCUT2D eigenvalue weighted by atomic mass is 10.1. The Balaban J connectivity index is 1.61. The lowest BCUT2D eigenvalue weighted by molar-refractivity contribution is 0.0719. The molecule has 1 aromatic carbocycles. The summed E-state index contributed by atoms with van der Waals surface area (Å²) in [4.78, 5) is 37.5. The monoisotopic (exact) mass is 387 g/mol. The number of hydrogen-bond donors (Lipinski definition) is 0. The zero-order valence-electron chi connectivity index (χ0n) is 16.4. The first-order valence-electron chi connectivity index (χ1n) is 9.76. The second-order valence-corrected chi connectivity index (χ2v) is 7.48. The number of aryl methyl sites for hydroxylation is 1. The van der Waals surface area contributed by atoms with Crippen molar-refractivity contribution in [1.29, 1.82) is 0 Å². The van der Waals surface area contributed by atoms with Gasteiger partial charge in [0.25, 0.3) is 11.5 Å². The van der Waals surface area contributed by atoms with E-state index in [1.165, 1.54) is 0 Å². The van der Waals surface area contributed by atoms with Crippen LogP contribution in [-0.4, -0.2) is 36.3 Å². The lowest BCUT2D eigenvalue weighted by Crippen LogP contribution is -2.35. The molecule has 1 saturated heterocycles. The summed E-state index contributed by atoms with van der Waals surface area (Å²) in [5, 5.41) is 0.590. The smallest absolute Gasteiger partial charge is 0.273 e. The number of amides is 1. The van der Waals surface area contributed by atoms with Gasteiger partial charge in [0.2, 0.25) is 0 Å². The molecule has 1 aliphatic rings. The van der Waals surface area contributed by atoms with E-state index in [1.54, 1.807) is 17.7 Å². The number of para-hydroxylation sites is 1. The SMILES string of the molecule is Cc1nc2ccccn2c1C(=O)N1CCCC1c1nc2ccccc2c(=O)n1C. The number of likely N-dealkylation sites (tertiary alicyclic amines) is 1. The summed E-state index contributed by atoms with van der Waals surface area (Å²) in [6.45, 7) is 2.49. The van der Waals surface area contributed by atoms with Crippen molar-refractivity contribution in [3.05, 3.63) is 76.2 Å². The third kappa shape index (κ3) is 2.65. The maximum absolute atomic E-state index is 13.5. The number of fused-ring (bicyclic) bond motifs is 2. The number of benzene rings is 1. The summed E-state index contributed by atoms with van der Waals surface area (Å²) in [5.41, 5.74) is 2.59. The molecule has 0 saturated carbocycles. The molecule has 7 nitrogen and oxygen atoms in total. The fraction of sp³-hybridized carbons (Fsp3) is 0.273. The van der Waals surface area contributed by atoms with Gasteiger partial charge in [-0.25, -0.2) is 9.97 Å². The first-order valence-corrected chi connectivity index (χ1v) is 9.76. The minimum Gasteiger partial charge on any atom is -0.327 e. The van der Waals surface area contributed by atoms with Crippen molar-refractivity contribution in [1.82, 2.24) is 23.8 Å². The van der Waals surface area contributed by atoms with E-state index in [0.29, 0.717) is 34.7 Å². The van der Waals surface area contributed by atoms with Gasteiger partial charge >= 0.3 is 0 Å². The molecule has 1 amide bonds. The minimum absolute atomic E-state index is 0.0777. The Bertz CT molecular complexity index is 1320. The van der Waals surface area contributed by atoms with Gasteiger partial charge < -0.3 is 4.90 Å². The molecule has 4 heterocycles. The van der Waals surface area contributed by atoms with Gasteiger partial charge in [-0.3, -0.25) is 18.6 Å². The molecular weight excluding hydrogens is 366 g/mol. The molecule has 1 atom stereocenters. The van der Waals surface area contributed by atoms with Gasteiger partial charge in [-0.1, -0.05) is 18.2 Å². The van der Waals surface area contributed by atoms with Gasteiger partial charge in [0.15, 0.2) is 0 Å². The van der Waals surface area contributed by atoms with Gasteiger partial charge in [-0.15, -0.1) is 0 Å². The van der Waals surface area contributed by atoms with Crippen LogP contribution in [0.25, 0.3) is 16.6 Å². The van der Waals surface area contributed by atoms with Crippen LogP contribution in [0.1, 0.15) is 40.9 Å². The van der Waals surface area contributed by atoms with Crippen LogP contribution in [0.3, 0.4) is 0 Å². The van der Waals surface area contributed by atoms with Gasteiger partial charge in [0.1, 0.15) is 17.2 Å². The summed E-state index contributed by atoms with van der Waals surface area (Å²) in [6.07, 6.45) is 3.51. The molecule has 7 heteroatoms. The van der Waals surface area contributed by atoms with Crippen LogP contribution in [0.15, 0.2) is 53.5 Å². The van der Waals surface area contributed by atoms with Gasteiger partial charge in [-0.2, -0.15) is 0 Å². The van der Waals surface area contributed by atoms with E-state index in [2.05, 4.69) is 4.98 Å². The number of hydrogen-bond acceptors (Lipinski definition) is 4. The third-order valence-electron chi connectivity index (χ3n) is 5.74. The topological polar surface area (TPSA) is 72.5 Å². The number of rotatable bonds is 2. The molecule has 1 aliphatic heterocycles. The van der Waals surface area contributed by atoms with E-state index in [4.69, 9.17) is 4.98 Å². The highest BCUT2D eigenvalue weighted by atomic mass is 16.2. The van der Waals surface area contributed by atoms with Crippen LogP contribution in [0.5, 0.6) is 0 Å². The first-order chi connectivity index (χ1) is 14.1. The Morgan fingerprint density at radius 2 is 1.90 bits per heavy atom. The number of carbonyl (C=O) groups excluding carboxylic acids is 1. The molecule has 0 spiro atoms. The van der Waals surface area contributed by atoms with Crippen molar-refractivity contribution < 1.29 is 4.79 Å². The Kier molecular flexibility index (Phi) is 3.97. The van der Waals surface area contributed by atoms with Gasteiger partial charge in [0.05, 0.1) is 22.6 Å². The molecule has 0 bridgehead atoms. The highest BCUT2D eigenvalue weighted by Crippen LogP contribution is 2.32. The van der Waals surface area contributed by atoms with Crippen LogP contribution in [0.2, 0.25) is 0 Å². The largest absolute Gasteiger partial charge is 0.327 e. The zero-order valence-corrected chi connectivity index (χ0v) is 16.4. The summed E-state index contributed by atoms with van der Waals surface area (Å²) < 4.78 is 3.42. The van der Waals surface area contributed by atoms with Crippen LogP contribution in [-0.2, 0) is 7.05 Å². The average Bonchev–Trinajstić information content (AvgIpc) is 3.34. The highest BCUT2D eigenvalue weighted by molar-refractivity contribution is 5.95. The Hall–Kier alpha value is -3.48. The average molecular weight is 387 g/mol. The quantitative estimate of drug-likeness (QED) is 0.530. The van der Waals surface area contributed by atoms with E-state index >= 15 is 0 Å². The van der Waals surface area contributed by atoms with Crippen molar-refractivity contribution in [3.63, 3.8) is 0 Å². The Labute approximate surface area is 167 Å². The predicted octanol–water partition coefficient (Wildman–Crippen LogP) is 2.87. The molecule has 0 aliphatic carbocycles. The van der Waals surface area contributed by atoms with Crippen LogP contribution < -0.4 is 5.56 Å². The maximum Gasteiger partial charge on any atom is 0.273 e. The van der Waals surface area contributed by atoms with E-state index in [1.807, 2.05) is 58.8 Å². The van der Waals surface area contributed by atoms with E-state index in [-0.39, 0.29) is 17.5 Å². The number of nitrogens with zero attached hydrogens (tertiary/aromatic N) is 5. The van der Waals surface area contributed by atoms with Crippen molar-refractivity contribution in [3.8, 4) is 0 Å². The van der Waals surface area contributed by atoms with Gasteiger partial charge in [-0.05, 0) is 44.0 Å². The predicted molar refractivity (Wildman–Crippen MR) is 110 cm³/mol. The number of imidazole rings is 1. The minimum atomic E-state index is -0.238. The molecule has 29 heavy (non-hydrogen) atoms. The summed E-state index contributed by atoms with van der Waals surface area (Å²) in [6, 6.07) is 12.8. The lowest BCUT2D eigenvalue weighted by Gasteiger charge is -2.26. The normalized spacial score (nSPS) is 16.8. The summed E-state index contributed by atoms with van der Waals surface area (Å²) in [7, 11) is 1.73. The molecule has 1 unspecified atom stereocenters. The van der Waals surface area contributed by atoms with E-state index in [9.17, 15) is 9.59 Å². The molecule has 146 valence electrons. The summed E-state index contributed by atoms with van der Waals surface area (Å²) in [5.74, 6) is 0.553. The molecule has 0 radical (unpaired) electrons. The zero-order chi connectivity index (χ0) is 20.1. The number of carbonyl (C=O) groups is 1. The van der Waals surface area contributed by atoms with Crippen LogP contribution in [0.4, 0.5) is 0 Å². The van der Waals surface area contributed by atoms with E-state index in [0.717, 1.165) is 18.5 Å². The van der Waals surface area contributed by atoms with Crippen LogP contribution in [0, 0.1) is 6.92 Å². The fourth-order valence-corrected chi connectivity index (χ4v) is 4.32. The standard InChI is InChI=1S/C22H21N5O2/c1-14-19(27-12-6-5-11-18(27)23-14)22(29)26-13-7-10-17(26)20-24-16-9-4-3-8-15(16)21(28)25(20)2/h3-6,8-9,11-12,17H,7,10,13H2,1-2H3. The van der Waals surface area contributed by atoms with Gasteiger partial charge in [0, 0.05) is 19.8 Å². The molecule has 0 N–H and O–H groups in total. The molecule has 5 rings (SSSR count). The van der Waals surface area contributed by atoms with Crippen molar-refractivity contribution in [2.24, 2.45) is 7.05 Å². The second-order valence-electron chi connectivity index (χ2n) is 7.48. The number of aromatic nitrogens is 4.